The Morgan fingerprint density at radius 3 is 2.47 bits per heavy atom. The van der Waals surface area contributed by atoms with Crippen molar-refractivity contribution in [3.8, 4) is 0 Å². The second-order valence-electron chi connectivity index (χ2n) is 4.90. The standard InChI is InChI=1S/C14H17N5/c1-18-6-8-19(9-7-18)14(15)11-2-3-12-13(10-11)17-5-4-16-12/h2-5,10,15H,6-9H2,1H3. The third-order valence-corrected chi connectivity index (χ3v) is 3.56. The minimum absolute atomic E-state index is 0.584. The molecule has 1 aliphatic rings. The number of likely N-dealkylation sites (N-methyl/N-ethyl adjacent to an activating group) is 1. The number of nitrogens with zero attached hydrogens (tertiary/aromatic N) is 4. The summed E-state index contributed by atoms with van der Waals surface area (Å²) in [4.78, 5) is 13.0. The molecule has 1 aromatic carbocycles. The molecule has 19 heavy (non-hydrogen) atoms. The Hall–Kier alpha value is -2.01. The van der Waals surface area contributed by atoms with Gasteiger partial charge in [-0.2, -0.15) is 0 Å². The van der Waals surface area contributed by atoms with Crippen LogP contribution in [-0.4, -0.2) is 58.8 Å². The van der Waals surface area contributed by atoms with E-state index in [4.69, 9.17) is 5.41 Å². The first-order valence-corrected chi connectivity index (χ1v) is 6.47. The van der Waals surface area contributed by atoms with E-state index < -0.39 is 0 Å². The number of piperazine rings is 1. The molecule has 0 spiro atoms. The molecule has 0 aliphatic carbocycles. The molecule has 0 saturated carbocycles. The summed E-state index contributed by atoms with van der Waals surface area (Å²) in [6.45, 7) is 3.84. The van der Waals surface area contributed by atoms with Crippen molar-refractivity contribution in [3.63, 3.8) is 0 Å². The molecule has 2 heterocycles. The van der Waals surface area contributed by atoms with Crippen LogP contribution >= 0.6 is 0 Å². The van der Waals surface area contributed by atoms with Gasteiger partial charge in [-0.05, 0) is 25.2 Å². The zero-order chi connectivity index (χ0) is 13.2. The minimum atomic E-state index is 0.584. The van der Waals surface area contributed by atoms with Crippen LogP contribution in [0.25, 0.3) is 11.0 Å². The zero-order valence-electron chi connectivity index (χ0n) is 11.0. The monoisotopic (exact) mass is 255 g/mol. The van der Waals surface area contributed by atoms with Gasteiger partial charge in [-0.25, -0.2) is 0 Å². The second-order valence-corrected chi connectivity index (χ2v) is 4.90. The number of fused-ring (bicyclic) bond motifs is 1. The summed E-state index contributed by atoms with van der Waals surface area (Å²) in [6, 6.07) is 5.84. The molecule has 1 aromatic heterocycles. The lowest BCUT2D eigenvalue weighted by atomic mass is 10.1. The van der Waals surface area contributed by atoms with Crippen molar-refractivity contribution in [1.29, 1.82) is 5.41 Å². The predicted octanol–water partition coefficient (Wildman–Crippen LogP) is 1.20. The van der Waals surface area contributed by atoms with Gasteiger partial charge in [-0.3, -0.25) is 15.4 Å². The van der Waals surface area contributed by atoms with Gasteiger partial charge in [0, 0.05) is 44.1 Å². The average Bonchev–Trinajstić information content (AvgIpc) is 2.47. The van der Waals surface area contributed by atoms with Gasteiger partial charge >= 0.3 is 0 Å². The number of nitrogens with one attached hydrogen (secondary N) is 1. The Morgan fingerprint density at radius 1 is 1.05 bits per heavy atom. The lowest BCUT2D eigenvalue weighted by Gasteiger charge is -2.34. The fraction of sp³-hybridized carbons (Fsp3) is 0.357. The van der Waals surface area contributed by atoms with E-state index >= 15 is 0 Å². The molecular formula is C14H17N5. The van der Waals surface area contributed by atoms with Crippen LogP contribution in [0.15, 0.2) is 30.6 Å². The predicted molar refractivity (Wildman–Crippen MR) is 75.4 cm³/mol. The fourth-order valence-corrected chi connectivity index (χ4v) is 2.32. The Kier molecular flexibility index (Phi) is 3.13. The quantitative estimate of drug-likeness (QED) is 0.614. The van der Waals surface area contributed by atoms with E-state index in [2.05, 4.69) is 26.8 Å². The molecule has 0 radical (unpaired) electrons. The number of aromatic nitrogens is 2. The molecule has 1 fully saturated rings. The molecule has 1 aliphatic heterocycles. The van der Waals surface area contributed by atoms with E-state index in [1.165, 1.54) is 0 Å². The summed E-state index contributed by atoms with van der Waals surface area (Å²) in [5.41, 5.74) is 2.63. The van der Waals surface area contributed by atoms with E-state index in [-0.39, 0.29) is 0 Å². The molecule has 0 amide bonds. The number of benzene rings is 1. The van der Waals surface area contributed by atoms with Gasteiger partial charge in [0.05, 0.1) is 11.0 Å². The van der Waals surface area contributed by atoms with Crippen molar-refractivity contribution in [3.05, 3.63) is 36.2 Å². The van der Waals surface area contributed by atoms with Crippen LogP contribution in [0.4, 0.5) is 0 Å². The van der Waals surface area contributed by atoms with Gasteiger partial charge in [0.15, 0.2) is 0 Å². The Balaban J connectivity index is 1.85. The Morgan fingerprint density at radius 2 is 1.74 bits per heavy atom. The number of amidine groups is 1. The normalized spacial score (nSPS) is 16.8. The Bertz CT molecular complexity index is 602. The molecule has 1 N–H and O–H groups in total. The largest absolute Gasteiger partial charge is 0.354 e. The summed E-state index contributed by atoms with van der Waals surface area (Å²) in [7, 11) is 2.12. The first-order valence-electron chi connectivity index (χ1n) is 6.47. The second kappa shape index (κ2) is 4.93. The highest BCUT2D eigenvalue weighted by molar-refractivity contribution is 5.99. The van der Waals surface area contributed by atoms with Gasteiger partial charge in [-0.15, -0.1) is 0 Å². The number of hydrogen-bond acceptors (Lipinski definition) is 4. The van der Waals surface area contributed by atoms with Gasteiger partial charge in [0.1, 0.15) is 5.84 Å². The third kappa shape index (κ3) is 2.42. The summed E-state index contributed by atoms with van der Waals surface area (Å²) in [5.74, 6) is 0.584. The molecule has 5 heteroatoms. The van der Waals surface area contributed by atoms with Gasteiger partial charge in [0.2, 0.25) is 0 Å². The molecule has 98 valence electrons. The zero-order valence-corrected chi connectivity index (χ0v) is 11.0. The van der Waals surface area contributed by atoms with E-state index in [0.29, 0.717) is 5.84 Å². The fourth-order valence-electron chi connectivity index (χ4n) is 2.32. The van der Waals surface area contributed by atoms with Gasteiger partial charge < -0.3 is 9.80 Å². The molecule has 0 atom stereocenters. The molecule has 5 nitrogen and oxygen atoms in total. The molecule has 3 rings (SSSR count). The maximum Gasteiger partial charge on any atom is 0.128 e. The van der Waals surface area contributed by atoms with E-state index in [0.717, 1.165) is 42.8 Å². The third-order valence-electron chi connectivity index (χ3n) is 3.56. The van der Waals surface area contributed by atoms with Crippen LogP contribution in [-0.2, 0) is 0 Å². The highest BCUT2D eigenvalue weighted by Gasteiger charge is 2.17. The van der Waals surface area contributed by atoms with Crippen LogP contribution in [0, 0.1) is 5.41 Å². The SMILES string of the molecule is CN1CCN(C(=N)c2ccc3nccnc3c2)CC1. The maximum atomic E-state index is 8.32. The summed E-state index contributed by atoms with van der Waals surface area (Å²) < 4.78 is 0. The van der Waals surface area contributed by atoms with Gasteiger partial charge in [0.25, 0.3) is 0 Å². The lowest BCUT2D eigenvalue weighted by molar-refractivity contribution is 0.215. The molecule has 0 unspecified atom stereocenters. The maximum absolute atomic E-state index is 8.32. The van der Waals surface area contributed by atoms with E-state index in [9.17, 15) is 0 Å². The molecule has 0 bridgehead atoms. The lowest BCUT2D eigenvalue weighted by Crippen LogP contribution is -2.47. The van der Waals surface area contributed by atoms with Crippen molar-refractivity contribution in [2.24, 2.45) is 0 Å². The number of hydrogen-bond donors (Lipinski definition) is 1. The highest BCUT2D eigenvalue weighted by Crippen LogP contribution is 2.13. The van der Waals surface area contributed by atoms with Crippen molar-refractivity contribution >= 4 is 16.9 Å². The topological polar surface area (TPSA) is 56.1 Å². The summed E-state index contributed by atoms with van der Waals surface area (Å²) in [6.07, 6.45) is 3.37. The molecule has 1 saturated heterocycles. The minimum Gasteiger partial charge on any atom is -0.354 e. The van der Waals surface area contributed by atoms with E-state index in [1.54, 1.807) is 12.4 Å². The van der Waals surface area contributed by atoms with Crippen molar-refractivity contribution in [2.75, 3.05) is 33.2 Å². The van der Waals surface area contributed by atoms with Crippen LogP contribution in [0.3, 0.4) is 0 Å². The molecule has 2 aromatic rings. The summed E-state index contributed by atoms with van der Waals surface area (Å²) >= 11 is 0. The van der Waals surface area contributed by atoms with Crippen LogP contribution < -0.4 is 0 Å². The average molecular weight is 255 g/mol. The first-order chi connectivity index (χ1) is 9.24. The van der Waals surface area contributed by atoms with Crippen LogP contribution in [0.5, 0.6) is 0 Å². The molecular weight excluding hydrogens is 238 g/mol. The van der Waals surface area contributed by atoms with Gasteiger partial charge in [-0.1, -0.05) is 0 Å². The van der Waals surface area contributed by atoms with E-state index in [1.807, 2.05) is 18.2 Å². The number of rotatable bonds is 1. The van der Waals surface area contributed by atoms with Crippen molar-refractivity contribution in [2.45, 2.75) is 0 Å². The first kappa shape index (κ1) is 12.0. The smallest absolute Gasteiger partial charge is 0.128 e. The van der Waals surface area contributed by atoms with Crippen LogP contribution in [0.2, 0.25) is 0 Å². The Labute approximate surface area is 112 Å². The summed E-state index contributed by atoms with van der Waals surface area (Å²) in [5, 5.41) is 8.32. The highest BCUT2D eigenvalue weighted by atomic mass is 15.3. The van der Waals surface area contributed by atoms with Crippen molar-refractivity contribution in [1.82, 2.24) is 19.8 Å². The van der Waals surface area contributed by atoms with Crippen LogP contribution in [0.1, 0.15) is 5.56 Å². The van der Waals surface area contributed by atoms with Crippen molar-refractivity contribution < 1.29 is 0 Å².